The minimum Gasteiger partial charge on any atom is -0.508 e. The number of hydrogen-bond acceptors (Lipinski definition) is 5. The molecule has 0 fully saturated rings. The van der Waals surface area contributed by atoms with E-state index in [2.05, 4.69) is 0 Å². The molecule has 0 bridgehead atoms. The summed E-state index contributed by atoms with van der Waals surface area (Å²) in [5, 5.41) is 19.0. The second kappa shape index (κ2) is 6.67. The van der Waals surface area contributed by atoms with Gasteiger partial charge in [0, 0.05) is 0 Å². The van der Waals surface area contributed by atoms with E-state index >= 15 is 0 Å². The molecule has 0 saturated carbocycles. The van der Waals surface area contributed by atoms with Gasteiger partial charge in [-0.3, -0.25) is 4.79 Å². The Kier molecular flexibility index (Phi) is 4.68. The van der Waals surface area contributed by atoms with Crippen LogP contribution in [0.4, 0.5) is 0 Å². The molecule has 0 radical (unpaired) electrons. The quantitative estimate of drug-likeness (QED) is 0.504. The number of hydrogen-bond donors (Lipinski definition) is 2. The van der Waals surface area contributed by atoms with Gasteiger partial charge in [-0.1, -0.05) is 12.1 Å². The van der Waals surface area contributed by atoms with Crippen LogP contribution in [-0.2, 0) is 0 Å². The van der Waals surface area contributed by atoms with Gasteiger partial charge in [0.25, 0.3) is 0 Å². The summed E-state index contributed by atoms with van der Waals surface area (Å²) in [5.74, 6) is 0.470. The van der Waals surface area contributed by atoms with E-state index in [1.165, 1.54) is 31.4 Å². The van der Waals surface area contributed by atoms with Crippen LogP contribution in [0, 0.1) is 0 Å². The highest BCUT2D eigenvalue weighted by Gasteiger charge is 2.09. The highest BCUT2D eigenvalue weighted by molar-refractivity contribution is 6.08. The lowest BCUT2D eigenvalue weighted by atomic mass is 10.1. The maximum absolute atomic E-state index is 12.1. The smallest absolute Gasteiger partial charge is 0.189 e. The highest BCUT2D eigenvalue weighted by Crippen LogP contribution is 2.28. The first kappa shape index (κ1) is 15.4. The van der Waals surface area contributed by atoms with Crippen molar-refractivity contribution in [1.82, 2.24) is 0 Å². The fourth-order valence-corrected chi connectivity index (χ4v) is 1.94. The third-order valence-electron chi connectivity index (χ3n) is 3.08. The van der Waals surface area contributed by atoms with Crippen LogP contribution in [0.3, 0.4) is 0 Å². The molecule has 2 aromatic carbocycles. The fourth-order valence-electron chi connectivity index (χ4n) is 1.94. The SMILES string of the molecule is COc1ccc(/C=C/C(=O)c2cc(O)ccc2O)cc1OC. The molecule has 2 rings (SSSR count). The standard InChI is InChI=1S/C17H16O5/c1-21-16-8-4-11(9-17(16)22-2)3-6-14(19)13-10-12(18)5-7-15(13)20/h3-10,18,20H,1-2H3/b6-3+. The predicted octanol–water partition coefficient (Wildman–Crippen LogP) is 3.01. The highest BCUT2D eigenvalue weighted by atomic mass is 16.5. The Balaban J connectivity index is 2.24. The molecule has 2 N–H and O–H groups in total. The Bertz CT molecular complexity index is 719. The van der Waals surface area contributed by atoms with E-state index in [1.807, 2.05) is 0 Å². The Labute approximate surface area is 128 Å². The average Bonchev–Trinajstić information content (AvgIpc) is 2.54. The number of benzene rings is 2. The number of rotatable bonds is 5. The van der Waals surface area contributed by atoms with Gasteiger partial charge >= 0.3 is 0 Å². The number of ether oxygens (including phenoxy) is 2. The normalized spacial score (nSPS) is 10.6. The molecule has 0 atom stereocenters. The molecule has 0 amide bonds. The first-order valence-corrected chi connectivity index (χ1v) is 6.51. The van der Waals surface area contributed by atoms with Crippen LogP contribution in [0.2, 0.25) is 0 Å². The summed E-state index contributed by atoms with van der Waals surface area (Å²) in [7, 11) is 3.07. The van der Waals surface area contributed by atoms with Crippen LogP contribution in [0.25, 0.3) is 6.08 Å². The van der Waals surface area contributed by atoms with Gasteiger partial charge in [0.2, 0.25) is 0 Å². The number of ketones is 1. The van der Waals surface area contributed by atoms with Crippen molar-refractivity contribution in [3.63, 3.8) is 0 Å². The van der Waals surface area contributed by atoms with Crippen LogP contribution in [-0.4, -0.2) is 30.2 Å². The molecule has 0 aromatic heterocycles. The van der Waals surface area contributed by atoms with Crippen molar-refractivity contribution in [2.75, 3.05) is 14.2 Å². The Hall–Kier alpha value is -2.95. The number of methoxy groups -OCH3 is 2. The van der Waals surface area contributed by atoms with Crippen molar-refractivity contribution >= 4 is 11.9 Å². The van der Waals surface area contributed by atoms with E-state index in [-0.39, 0.29) is 17.1 Å². The number of carbonyl (C=O) groups excluding carboxylic acids is 1. The number of aromatic hydroxyl groups is 2. The molecule has 5 heteroatoms. The molecule has 0 aliphatic carbocycles. The molecule has 0 heterocycles. The molecule has 2 aromatic rings. The van der Waals surface area contributed by atoms with E-state index in [0.717, 1.165) is 5.56 Å². The molecule has 0 aliphatic rings. The maximum Gasteiger partial charge on any atom is 0.189 e. The van der Waals surface area contributed by atoms with Crippen molar-refractivity contribution in [2.45, 2.75) is 0 Å². The van der Waals surface area contributed by atoms with E-state index in [4.69, 9.17) is 9.47 Å². The molecule has 22 heavy (non-hydrogen) atoms. The largest absolute Gasteiger partial charge is 0.508 e. The lowest BCUT2D eigenvalue weighted by Gasteiger charge is -2.07. The Morgan fingerprint density at radius 2 is 1.73 bits per heavy atom. The van der Waals surface area contributed by atoms with E-state index in [1.54, 1.807) is 31.4 Å². The third-order valence-corrected chi connectivity index (χ3v) is 3.08. The van der Waals surface area contributed by atoms with Gasteiger partial charge in [0.05, 0.1) is 19.8 Å². The van der Waals surface area contributed by atoms with Gasteiger partial charge in [-0.05, 0) is 42.0 Å². The first-order chi connectivity index (χ1) is 10.5. The van der Waals surface area contributed by atoms with Crippen molar-refractivity contribution in [3.8, 4) is 23.0 Å². The van der Waals surface area contributed by atoms with Crippen molar-refractivity contribution in [3.05, 3.63) is 53.6 Å². The summed E-state index contributed by atoms with van der Waals surface area (Å²) < 4.78 is 10.3. The number of phenolic OH excluding ortho intramolecular Hbond substituents is 2. The van der Waals surface area contributed by atoms with Crippen molar-refractivity contribution in [1.29, 1.82) is 0 Å². The summed E-state index contributed by atoms with van der Waals surface area (Å²) in [6.45, 7) is 0. The molecule has 114 valence electrons. The van der Waals surface area contributed by atoms with Crippen LogP contribution < -0.4 is 9.47 Å². The number of allylic oxidation sites excluding steroid dienone is 1. The molecular formula is C17H16O5. The van der Waals surface area contributed by atoms with Crippen LogP contribution in [0.15, 0.2) is 42.5 Å². The van der Waals surface area contributed by atoms with Gasteiger partial charge in [-0.15, -0.1) is 0 Å². The predicted molar refractivity (Wildman–Crippen MR) is 82.7 cm³/mol. The minimum atomic E-state index is -0.414. The summed E-state index contributed by atoms with van der Waals surface area (Å²) >= 11 is 0. The van der Waals surface area contributed by atoms with Gasteiger partial charge in [-0.2, -0.15) is 0 Å². The molecule has 5 nitrogen and oxygen atoms in total. The first-order valence-electron chi connectivity index (χ1n) is 6.51. The van der Waals surface area contributed by atoms with Gasteiger partial charge in [0.1, 0.15) is 11.5 Å². The topological polar surface area (TPSA) is 76.0 Å². The Morgan fingerprint density at radius 1 is 1.00 bits per heavy atom. The second-order valence-corrected chi connectivity index (χ2v) is 4.51. The molecule has 0 aliphatic heterocycles. The van der Waals surface area contributed by atoms with Gasteiger partial charge in [-0.25, -0.2) is 0 Å². The monoisotopic (exact) mass is 300 g/mol. The summed E-state index contributed by atoms with van der Waals surface area (Å²) in [6.07, 6.45) is 2.91. The minimum absolute atomic E-state index is 0.0386. The fraction of sp³-hybridized carbons (Fsp3) is 0.118. The Morgan fingerprint density at radius 3 is 2.41 bits per heavy atom. The summed E-state index contributed by atoms with van der Waals surface area (Å²) in [5.41, 5.74) is 0.780. The van der Waals surface area contributed by atoms with Gasteiger partial charge in [0.15, 0.2) is 17.3 Å². The summed E-state index contributed by atoms with van der Waals surface area (Å²) in [6, 6.07) is 9.03. The maximum atomic E-state index is 12.1. The van der Waals surface area contributed by atoms with Crippen LogP contribution >= 0.6 is 0 Å². The number of phenols is 2. The summed E-state index contributed by atoms with van der Waals surface area (Å²) in [4.78, 5) is 12.1. The average molecular weight is 300 g/mol. The lowest BCUT2D eigenvalue weighted by molar-refractivity contribution is 0.104. The second-order valence-electron chi connectivity index (χ2n) is 4.51. The molecular weight excluding hydrogens is 284 g/mol. The van der Waals surface area contributed by atoms with Crippen LogP contribution in [0.5, 0.6) is 23.0 Å². The van der Waals surface area contributed by atoms with Crippen molar-refractivity contribution < 1.29 is 24.5 Å². The zero-order valence-electron chi connectivity index (χ0n) is 12.2. The van der Waals surface area contributed by atoms with E-state index < -0.39 is 5.78 Å². The molecule has 0 unspecified atom stereocenters. The molecule has 0 spiro atoms. The molecule has 0 saturated heterocycles. The lowest BCUT2D eigenvalue weighted by Crippen LogP contribution is -1.95. The zero-order chi connectivity index (χ0) is 16.1. The zero-order valence-corrected chi connectivity index (χ0v) is 12.2. The third kappa shape index (κ3) is 3.38. The number of carbonyl (C=O) groups is 1. The van der Waals surface area contributed by atoms with Gasteiger partial charge < -0.3 is 19.7 Å². The van der Waals surface area contributed by atoms with E-state index in [9.17, 15) is 15.0 Å². The van der Waals surface area contributed by atoms with Crippen LogP contribution in [0.1, 0.15) is 15.9 Å². The van der Waals surface area contributed by atoms with Crippen molar-refractivity contribution in [2.24, 2.45) is 0 Å². The van der Waals surface area contributed by atoms with E-state index in [0.29, 0.717) is 11.5 Å².